The Labute approximate surface area is 203 Å². The predicted molar refractivity (Wildman–Crippen MR) is 124 cm³/mol. The molecule has 0 bridgehead atoms. The lowest BCUT2D eigenvalue weighted by Gasteiger charge is -2.23. The molecule has 0 aliphatic carbocycles. The molecule has 1 aromatic carbocycles. The van der Waals surface area contributed by atoms with E-state index in [1.165, 1.54) is 12.0 Å². The topological polar surface area (TPSA) is 119 Å². The van der Waals surface area contributed by atoms with E-state index in [1.54, 1.807) is 31.4 Å². The number of nitrogens with two attached hydrogens (primary N) is 1. The number of primary amides is 1. The number of imide groups is 1. The number of ether oxygens (including phenoxy) is 2. The average molecular weight is 510 g/mol. The van der Waals surface area contributed by atoms with Gasteiger partial charge in [-0.05, 0) is 37.4 Å². The maximum Gasteiger partial charge on any atom is 0.350 e. The minimum atomic E-state index is -1.61. The lowest BCUT2D eigenvalue weighted by molar-refractivity contribution is -0.159. The molecule has 9 nitrogen and oxygen atoms in total. The number of halogens is 2. The van der Waals surface area contributed by atoms with E-state index in [0.29, 0.717) is 22.9 Å². The summed E-state index contributed by atoms with van der Waals surface area (Å²) in [6.45, 7) is 4.15. The number of hydrogen-bond donors (Lipinski definition) is 1. The van der Waals surface area contributed by atoms with Crippen molar-refractivity contribution in [2.45, 2.75) is 20.0 Å². The van der Waals surface area contributed by atoms with Crippen LogP contribution in [0.4, 0.5) is 14.9 Å². The molecule has 0 spiro atoms. The summed E-state index contributed by atoms with van der Waals surface area (Å²) in [5.41, 5.74) is 4.98. The molecule has 0 radical (unpaired) electrons. The van der Waals surface area contributed by atoms with Crippen LogP contribution >= 0.6 is 22.9 Å². The lowest BCUT2D eigenvalue weighted by Crippen LogP contribution is -2.44. The van der Waals surface area contributed by atoms with Crippen molar-refractivity contribution in [1.29, 1.82) is 0 Å². The van der Waals surface area contributed by atoms with Gasteiger partial charge < -0.3 is 20.1 Å². The second-order valence-electron chi connectivity index (χ2n) is 6.99. The first-order valence-electron chi connectivity index (χ1n) is 10.1. The number of hydrogen-bond acceptors (Lipinski definition) is 7. The fraction of sp³-hybridized carbons (Fsp3) is 0.273. The third-order valence-electron chi connectivity index (χ3n) is 5.11. The van der Waals surface area contributed by atoms with E-state index in [2.05, 4.69) is 0 Å². The first-order chi connectivity index (χ1) is 16.2. The fourth-order valence-corrected chi connectivity index (χ4v) is 4.35. The van der Waals surface area contributed by atoms with Crippen LogP contribution in [0.1, 0.15) is 24.3 Å². The highest BCUT2D eigenvalue weighted by atomic mass is 35.5. The van der Waals surface area contributed by atoms with E-state index < -0.39 is 35.7 Å². The van der Waals surface area contributed by atoms with Crippen molar-refractivity contribution in [2.24, 2.45) is 5.73 Å². The molecule has 1 aliphatic rings. The molecule has 4 amide bonds. The van der Waals surface area contributed by atoms with Gasteiger partial charge in [0, 0.05) is 25.8 Å². The van der Waals surface area contributed by atoms with Crippen LogP contribution in [0, 0.1) is 5.82 Å². The first-order valence-corrected chi connectivity index (χ1v) is 11.4. The molecular formula is C22H21ClFN3O6S. The molecule has 1 unspecified atom stereocenters. The van der Waals surface area contributed by atoms with Gasteiger partial charge in [-0.2, -0.15) is 0 Å². The Bertz CT molecular complexity index is 1180. The van der Waals surface area contributed by atoms with Crippen LogP contribution in [0.5, 0.6) is 0 Å². The molecule has 12 heteroatoms. The molecule has 3 rings (SSSR count). The van der Waals surface area contributed by atoms with Gasteiger partial charge >= 0.3 is 12.0 Å². The highest BCUT2D eigenvalue weighted by molar-refractivity contribution is 7.11. The standard InChI is InChI=1S/C22H21ClFN3O6S/c1-4-26(5-2)20(29)18(32-3)21(30)33-17(15-7-6-8-34-15)16-11-9-13(24)12(23)10-14(11)27(19(16)28)22(25)31/h6-10,18H,4-5H2,1-3H3,(H2,25,31). The smallest absolute Gasteiger partial charge is 0.350 e. The van der Waals surface area contributed by atoms with Crippen molar-refractivity contribution >= 4 is 63.8 Å². The van der Waals surface area contributed by atoms with Gasteiger partial charge in [0.1, 0.15) is 5.82 Å². The predicted octanol–water partition coefficient (Wildman–Crippen LogP) is 3.26. The van der Waals surface area contributed by atoms with Crippen LogP contribution < -0.4 is 10.6 Å². The van der Waals surface area contributed by atoms with Crippen molar-refractivity contribution in [2.75, 3.05) is 25.1 Å². The number of rotatable bonds is 7. The number of carbonyl (C=O) groups is 4. The number of likely N-dealkylation sites (N-methyl/N-ethyl adjacent to an activating group) is 1. The highest BCUT2D eigenvalue weighted by Gasteiger charge is 2.41. The van der Waals surface area contributed by atoms with E-state index in [-0.39, 0.29) is 27.6 Å². The van der Waals surface area contributed by atoms with Gasteiger partial charge in [0.05, 0.1) is 21.2 Å². The Morgan fingerprint density at radius 2 is 1.94 bits per heavy atom. The molecule has 2 aromatic rings. The highest BCUT2D eigenvalue weighted by Crippen LogP contribution is 2.44. The number of esters is 1. The van der Waals surface area contributed by atoms with E-state index in [9.17, 15) is 23.6 Å². The van der Waals surface area contributed by atoms with Crippen LogP contribution in [-0.2, 0) is 23.9 Å². The van der Waals surface area contributed by atoms with Crippen LogP contribution in [-0.4, -0.2) is 55.0 Å². The zero-order valence-electron chi connectivity index (χ0n) is 18.5. The zero-order chi connectivity index (χ0) is 25.2. The number of amides is 4. The Morgan fingerprint density at radius 1 is 1.26 bits per heavy atom. The second-order valence-corrected chi connectivity index (χ2v) is 8.35. The number of urea groups is 1. The Hall–Kier alpha value is -3.28. The molecule has 1 aromatic heterocycles. The van der Waals surface area contributed by atoms with Gasteiger partial charge in [0.15, 0.2) is 5.76 Å². The number of methoxy groups -OCH3 is 1. The summed E-state index contributed by atoms with van der Waals surface area (Å²) < 4.78 is 25.0. The molecule has 0 saturated heterocycles. The number of carbonyl (C=O) groups excluding carboxylic acids is 4. The number of benzene rings is 1. The molecule has 0 saturated carbocycles. The Kier molecular flexibility index (Phi) is 7.70. The minimum absolute atomic E-state index is 0.0501. The van der Waals surface area contributed by atoms with Crippen LogP contribution in [0.3, 0.4) is 0 Å². The summed E-state index contributed by atoms with van der Waals surface area (Å²) >= 11 is 6.97. The van der Waals surface area contributed by atoms with Crippen molar-refractivity contribution < 1.29 is 33.0 Å². The fourth-order valence-electron chi connectivity index (χ4n) is 3.48. The second kappa shape index (κ2) is 10.3. The van der Waals surface area contributed by atoms with E-state index in [0.717, 1.165) is 23.5 Å². The molecule has 34 heavy (non-hydrogen) atoms. The summed E-state index contributed by atoms with van der Waals surface area (Å²) in [4.78, 5) is 53.3. The van der Waals surface area contributed by atoms with Gasteiger partial charge in [-0.15, -0.1) is 11.3 Å². The summed E-state index contributed by atoms with van der Waals surface area (Å²) in [5.74, 6) is -3.78. The van der Waals surface area contributed by atoms with E-state index >= 15 is 0 Å². The third kappa shape index (κ3) is 4.54. The van der Waals surface area contributed by atoms with Crippen LogP contribution in [0.15, 0.2) is 29.6 Å². The number of fused-ring (bicyclic) bond motifs is 1. The quantitative estimate of drug-likeness (QED) is 0.265. The molecule has 1 aliphatic heterocycles. The maximum atomic E-state index is 14.4. The van der Waals surface area contributed by atoms with E-state index in [1.807, 2.05) is 0 Å². The molecule has 1 atom stereocenters. The maximum absolute atomic E-state index is 14.4. The monoisotopic (exact) mass is 509 g/mol. The van der Waals surface area contributed by atoms with Gasteiger partial charge in [0.25, 0.3) is 11.8 Å². The van der Waals surface area contributed by atoms with Gasteiger partial charge in [-0.3, -0.25) is 9.59 Å². The number of thiophene rings is 1. The molecular weight excluding hydrogens is 489 g/mol. The van der Waals surface area contributed by atoms with E-state index in [4.69, 9.17) is 26.8 Å². The zero-order valence-corrected chi connectivity index (χ0v) is 20.0. The SMILES string of the molecule is CCN(CC)C(=O)C(OC)C(=O)OC(=C1C(=O)N(C(N)=O)c2cc(Cl)c(F)cc21)c1cccs1. The number of nitrogens with zero attached hydrogens (tertiary/aromatic N) is 2. The first kappa shape index (κ1) is 25.3. The Morgan fingerprint density at radius 3 is 2.47 bits per heavy atom. The molecule has 2 N–H and O–H groups in total. The average Bonchev–Trinajstić information content (AvgIpc) is 3.40. The normalized spacial score (nSPS) is 15.1. The molecule has 180 valence electrons. The molecule has 2 heterocycles. The summed E-state index contributed by atoms with van der Waals surface area (Å²) in [6, 6.07) is 4.09. The van der Waals surface area contributed by atoms with Crippen molar-refractivity contribution in [1.82, 2.24) is 4.90 Å². The summed E-state index contributed by atoms with van der Waals surface area (Å²) in [5, 5.41) is 1.32. The number of anilines is 1. The van der Waals surface area contributed by atoms with Crippen LogP contribution in [0.2, 0.25) is 5.02 Å². The summed E-state index contributed by atoms with van der Waals surface area (Å²) in [6.07, 6.45) is -1.61. The van der Waals surface area contributed by atoms with Gasteiger partial charge in [0.2, 0.25) is 6.10 Å². The summed E-state index contributed by atoms with van der Waals surface area (Å²) in [7, 11) is 1.17. The van der Waals surface area contributed by atoms with Crippen LogP contribution in [0.25, 0.3) is 11.3 Å². The van der Waals surface area contributed by atoms with Crippen molar-refractivity contribution in [3.63, 3.8) is 0 Å². The largest absolute Gasteiger partial charge is 0.422 e. The Balaban J connectivity index is 2.17. The lowest BCUT2D eigenvalue weighted by atomic mass is 10.0. The van der Waals surface area contributed by atoms with Crippen molar-refractivity contribution in [3.8, 4) is 0 Å². The minimum Gasteiger partial charge on any atom is -0.422 e. The van der Waals surface area contributed by atoms with Gasteiger partial charge in [-0.1, -0.05) is 17.7 Å². The van der Waals surface area contributed by atoms with Gasteiger partial charge in [-0.25, -0.2) is 18.9 Å². The molecule has 0 fully saturated rings. The third-order valence-corrected chi connectivity index (χ3v) is 6.27. The van der Waals surface area contributed by atoms with Crippen molar-refractivity contribution in [3.05, 3.63) is 50.9 Å².